The number of ether oxygens (including phenoxy) is 3. The lowest BCUT2D eigenvalue weighted by Gasteiger charge is -2.14. The molecular formula is C33H24ClFN4O6. The number of anilines is 1. The summed E-state index contributed by atoms with van der Waals surface area (Å²) in [4.78, 5) is 31.1. The second-order valence-electron chi connectivity index (χ2n) is 9.67. The Hall–Kier alpha value is -5.68. The summed E-state index contributed by atoms with van der Waals surface area (Å²) in [6, 6.07) is 22.4. The molecule has 0 aliphatic rings. The van der Waals surface area contributed by atoms with Crippen molar-refractivity contribution in [2.45, 2.75) is 0 Å². The first-order valence-corrected chi connectivity index (χ1v) is 13.9. The Kier molecular flexibility index (Phi) is 8.17. The maximum absolute atomic E-state index is 13.8. The van der Waals surface area contributed by atoms with Crippen LogP contribution in [0.4, 0.5) is 10.1 Å². The van der Waals surface area contributed by atoms with E-state index in [0.717, 1.165) is 4.68 Å². The van der Waals surface area contributed by atoms with Crippen molar-refractivity contribution < 1.29 is 27.8 Å². The lowest BCUT2D eigenvalue weighted by molar-refractivity contribution is -0.118. The van der Waals surface area contributed by atoms with Crippen LogP contribution in [0.1, 0.15) is 5.56 Å². The molecule has 6 rings (SSSR count). The fourth-order valence-corrected chi connectivity index (χ4v) is 4.91. The molecule has 2 heterocycles. The van der Waals surface area contributed by atoms with Crippen LogP contribution in [0.25, 0.3) is 33.5 Å². The number of aromatic nitrogens is 2. The Bertz CT molecular complexity index is 2140. The number of halogens is 2. The molecule has 0 saturated carbocycles. The Balaban J connectivity index is 1.40. The van der Waals surface area contributed by atoms with E-state index >= 15 is 0 Å². The van der Waals surface area contributed by atoms with Crippen LogP contribution >= 0.6 is 11.6 Å². The molecule has 1 N–H and O–H groups in total. The molecule has 0 unspecified atom stereocenters. The van der Waals surface area contributed by atoms with E-state index in [1.807, 2.05) is 0 Å². The Morgan fingerprint density at radius 3 is 2.56 bits per heavy atom. The molecule has 12 heteroatoms. The highest BCUT2D eigenvalue weighted by Gasteiger charge is 2.19. The quantitative estimate of drug-likeness (QED) is 0.182. The molecule has 45 heavy (non-hydrogen) atoms. The minimum Gasteiger partial charge on any atom is -0.496 e. The Morgan fingerprint density at radius 2 is 1.78 bits per heavy atom. The van der Waals surface area contributed by atoms with Crippen molar-refractivity contribution >= 4 is 51.3 Å². The van der Waals surface area contributed by atoms with Crippen LogP contribution in [0.2, 0.25) is 5.02 Å². The molecule has 10 nitrogen and oxygen atoms in total. The molecule has 0 spiro atoms. The topological polar surface area (TPSA) is 117 Å². The molecule has 1 amide bonds. The van der Waals surface area contributed by atoms with Crippen LogP contribution in [0.5, 0.6) is 17.2 Å². The number of methoxy groups -OCH3 is 2. The minimum atomic E-state index is -0.501. The first-order chi connectivity index (χ1) is 21.8. The molecule has 6 aromatic rings. The van der Waals surface area contributed by atoms with Gasteiger partial charge < -0.3 is 23.9 Å². The van der Waals surface area contributed by atoms with Gasteiger partial charge in [0.15, 0.2) is 23.9 Å². The SMILES string of the molecule is COc1cc(Cl)cc(C=Nn2c(-c3cc4c(OC)cccc4o3)nc3ccccc3c2=O)c1OCC(=O)Nc1ccc(F)cc1. The Labute approximate surface area is 260 Å². The van der Waals surface area contributed by atoms with Crippen molar-refractivity contribution in [1.82, 2.24) is 9.66 Å². The second-order valence-corrected chi connectivity index (χ2v) is 10.1. The minimum absolute atomic E-state index is 0.142. The number of nitrogens with zero attached hydrogens (tertiary/aromatic N) is 3. The van der Waals surface area contributed by atoms with Crippen LogP contribution in [-0.2, 0) is 4.79 Å². The fraction of sp³-hybridized carbons (Fsp3) is 0.0909. The summed E-state index contributed by atoms with van der Waals surface area (Å²) < 4.78 is 37.2. The molecule has 0 fully saturated rings. The number of fused-ring (bicyclic) bond motifs is 2. The van der Waals surface area contributed by atoms with Gasteiger partial charge in [0.05, 0.1) is 36.7 Å². The van der Waals surface area contributed by atoms with Gasteiger partial charge in [0.25, 0.3) is 11.5 Å². The van der Waals surface area contributed by atoms with E-state index in [0.29, 0.717) is 43.9 Å². The zero-order valence-electron chi connectivity index (χ0n) is 23.9. The van der Waals surface area contributed by atoms with Crippen molar-refractivity contribution in [3.8, 4) is 28.8 Å². The van der Waals surface area contributed by atoms with Gasteiger partial charge in [0.2, 0.25) is 5.82 Å². The average Bonchev–Trinajstić information content (AvgIpc) is 3.49. The maximum Gasteiger partial charge on any atom is 0.282 e. The smallest absolute Gasteiger partial charge is 0.282 e. The summed E-state index contributed by atoms with van der Waals surface area (Å²) in [6.07, 6.45) is 1.35. The summed E-state index contributed by atoms with van der Waals surface area (Å²) in [5.41, 5.74) is 1.25. The van der Waals surface area contributed by atoms with Gasteiger partial charge >= 0.3 is 0 Å². The molecule has 0 aliphatic carbocycles. The molecule has 226 valence electrons. The van der Waals surface area contributed by atoms with Gasteiger partial charge in [-0.15, -0.1) is 0 Å². The summed E-state index contributed by atoms with van der Waals surface area (Å²) in [7, 11) is 2.98. The predicted octanol–water partition coefficient (Wildman–Crippen LogP) is 6.52. The van der Waals surface area contributed by atoms with Gasteiger partial charge in [-0.25, -0.2) is 9.37 Å². The maximum atomic E-state index is 13.8. The Morgan fingerprint density at radius 1 is 1.00 bits per heavy atom. The molecule has 0 saturated heterocycles. The lowest BCUT2D eigenvalue weighted by Crippen LogP contribution is -2.21. The number of hydrogen-bond donors (Lipinski definition) is 1. The van der Waals surface area contributed by atoms with Crippen LogP contribution < -0.4 is 25.1 Å². The zero-order valence-corrected chi connectivity index (χ0v) is 24.7. The molecule has 0 atom stereocenters. The number of benzene rings is 4. The van der Waals surface area contributed by atoms with Crippen molar-refractivity contribution in [2.75, 3.05) is 26.1 Å². The highest BCUT2D eigenvalue weighted by atomic mass is 35.5. The molecule has 0 radical (unpaired) electrons. The summed E-state index contributed by atoms with van der Waals surface area (Å²) in [5, 5.41) is 8.45. The van der Waals surface area contributed by atoms with Crippen molar-refractivity contribution in [3.05, 3.63) is 112 Å². The monoisotopic (exact) mass is 626 g/mol. The van der Waals surface area contributed by atoms with Gasteiger partial charge in [-0.3, -0.25) is 9.59 Å². The number of rotatable bonds is 9. The number of hydrogen-bond acceptors (Lipinski definition) is 8. The van der Waals surface area contributed by atoms with Crippen LogP contribution in [-0.4, -0.2) is 42.6 Å². The lowest BCUT2D eigenvalue weighted by atomic mass is 10.2. The first kappa shape index (κ1) is 29.4. The van der Waals surface area contributed by atoms with E-state index < -0.39 is 23.9 Å². The summed E-state index contributed by atoms with van der Waals surface area (Å²) in [5.74, 6) is 0.471. The third kappa shape index (κ3) is 6.06. The van der Waals surface area contributed by atoms with Gasteiger partial charge in [-0.1, -0.05) is 29.8 Å². The van der Waals surface area contributed by atoms with E-state index in [9.17, 15) is 14.0 Å². The number of carbonyl (C=O) groups is 1. The number of amides is 1. The highest BCUT2D eigenvalue weighted by molar-refractivity contribution is 6.31. The normalized spacial score (nSPS) is 11.3. The largest absolute Gasteiger partial charge is 0.496 e. The van der Waals surface area contributed by atoms with Crippen molar-refractivity contribution in [1.29, 1.82) is 0 Å². The molecule has 0 bridgehead atoms. The van der Waals surface area contributed by atoms with E-state index in [2.05, 4.69) is 10.4 Å². The predicted molar refractivity (Wildman–Crippen MR) is 169 cm³/mol. The molecule has 2 aromatic heterocycles. The van der Waals surface area contributed by atoms with Crippen LogP contribution in [0.15, 0.2) is 99.2 Å². The summed E-state index contributed by atoms with van der Waals surface area (Å²) >= 11 is 6.36. The second kappa shape index (κ2) is 12.5. The highest BCUT2D eigenvalue weighted by Crippen LogP contribution is 2.35. The molecular weight excluding hydrogens is 603 g/mol. The number of para-hydroxylation sites is 1. The first-order valence-electron chi connectivity index (χ1n) is 13.5. The van der Waals surface area contributed by atoms with Crippen LogP contribution in [0, 0.1) is 5.82 Å². The van der Waals surface area contributed by atoms with E-state index in [1.54, 1.807) is 61.7 Å². The van der Waals surface area contributed by atoms with Gasteiger partial charge in [-0.2, -0.15) is 9.78 Å². The third-order valence-electron chi connectivity index (χ3n) is 6.77. The van der Waals surface area contributed by atoms with E-state index in [1.165, 1.54) is 43.7 Å². The number of furan rings is 1. The fourth-order valence-electron chi connectivity index (χ4n) is 4.69. The standard InChI is InChI=1S/C33H24ClFN4O6/c1-42-26-8-5-9-27-24(26)16-29(45-27)32-38-25-7-4-3-6-23(25)33(41)39(32)36-17-19-14-20(34)15-28(43-2)31(19)44-18-30(40)37-22-12-10-21(35)11-13-22/h3-17H,18H2,1-2H3,(H,37,40). The number of nitrogens with one attached hydrogen (secondary N) is 1. The van der Waals surface area contributed by atoms with Crippen molar-refractivity contribution in [2.24, 2.45) is 5.10 Å². The molecule has 0 aliphatic heterocycles. The van der Waals surface area contributed by atoms with E-state index in [-0.39, 0.29) is 23.1 Å². The number of carbonyl (C=O) groups excluding carboxylic acids is 1. The zero-order chi connectivity index (χ0) is 31.5. The molecule has 4 aromatic carbocycles. The summed E-state index contributed by atoms with van der Waals surface area (Å²) in [6.45, 7) is -0.417. The average molecular weight is 627 g/mol. The van der Waals surface area contributed by atoms with Crippen molar-refractivity contribution in [3.63, 3.8) is 0 Å². The van der Waals surface area contributed by atoms with Gasteiger partial charge in [-0.05, 0) is 60.7 Å². The van der Waals surface area contributed by atoms with Gasteiger partial charge in [0.1, 0.15) is 17.1 Å². The van der Waals surface area contributed by atoms with E-state index in [4.69, 9.17) is 35.2 Å². The van der Waals surface area contributed by atoms with Crippen LogP contribution in [0.3, 0.4) is 0 Å². The third-order valence-corrected chi connectivity index (χ3v) is 6.99. The van der Waals surface area contributed by atoms with Gasteiger partial charge in [0, 0.05) is 22.3 Å².